The Kier molecular flexibility index (Phi) is 6.86. The zero-order valence-corrected chi connectivity index (χ0v) is 11.4. The zero-order valence-electron chi connectivity index (χ0n) is 11.4. The molecule has 0 heterocycles. The van der Waals surface area contributed by atoms with Gasteiger partial charge < -0.3 is 20.3 Å². The Morgan fingerprint density at radius 2 is 1.94 bits per heavy atom. The van der Waals surface area contributed by atoms with Crippen LogP contribution in [0.4, 0.5) is 0 Å². The molecule has 0 radical (unpaired) electrons. The van der Waals surface area contributed by atoms with Crippen molar-refractivity contribution in [2.75, 3.05) is 13.2 Å². The molecule has 0 aliphatic carbocycles. The van der Waals surface area contributed by atoms with Gasteiger partial charge in [0.25, 0.3) is 0 Å². The molecule has 0 aromatic carbocycles. The summed E-state index contributed by atoms with van der Waals surface area (Å²) >= 11 is 0. The number of nitrogens with one attached hydrogen (secondary N) is 1. The van der Waals surface area contributed by atoms with E-state index < -0.39 is 23.5 Å². The van der Waals surface area contributed by atoms with Gasteiger partial charge in [0, 0.05) is 6.54 Å². The van der Waals surface area contributed by atoms with Crippen LogP contribution in [-0.4, -0.2) is 47.4 Å². The van der Waals surface area contributed by atoms with Crippen molar-refractivity contribution in [2.45, 2.75) is 46.3 Å². The molecule has 6 nitrogen and oxygen atoms in total. The Labute approximate surface area is 107 Å². The van der Waals surface area contributed by atoms with Gasteiger partial charge in [0.05, 0.1) is 5.41 Å². The Morgan fingerprint density at radius 1 is 1.39 bits per heavy atom. The third kappa shape index (κ3) is 5.97. The number of ether oxygens (including phenoxy) is 1. The van der Waals surface area contributed by atoms with E-state index in [4.69, 9.17) is 9.84 Å². The first-order valence-electron chi connectivity index (χ1n) is 6.02. The highest BCUT2D eigenvalue weighted by atomic mass is 16.5. The SMILES string of the molecule is CCC(C)(C)C(=O)OCC(O)CNC(C)C(=O)O. The number of carboxylic acids is 1. The highest BCUT2D eigenvalue weighted by Gasteiger charge is 2.27. The van der Waals surface area contributed by atoms with Crippen molar-refractivity contribution in [3.8, 4) is 0 Å². The second-order valence-corrected chi connectivity index (χ2v) is 4.96. The Bertz CT molecular complexity index is 290. The minimum atomic E-state index is -0.994. The highest BCUT2D eigenvalue weighted by molar-refractivity contribution is 5.75. The van der Waals surface area contributed by atoms with Gasteiger partial charge >= 0.3 is 11.9 Å². The van der Waals surface area contributed by atoms with Gasteiger partial charge in [-0.15, -0.1) is 0 Å². The van der Waals surface area contributed by atoms with Crippen molar-refractivity contribution in [3.05, 3.63) is 0 Å². The largest absolute Gasteiger partial charge is 0.480 e. The molecule has 18 heavy (non-hydrogen) atoms. The molecule has 0 bridgehead atoms. The normalized spacial score (nSPS) is 14.9. The first-order valence-corrected chi connectivity index (χ1v) is 6.02. The van der Waals surface area contributed by atoms with Crippen molar-refractivity contribution < 1.29 is 24.5 Å². The van der Waals surface area contributed by atoms with Crippen LogP contribution in [0.15, 0.2) is 0 Å². The number of hydrogen-bond donors (Lipinski definition) is 3. The molecule has 3 N–H and O–H groups in total. The number of carbonyl (C=O) groups is 2. The molecule has 0 saturated heterocycles. The molecule has 2 atom stereocenters. The Hall–Kier alpha value is -1.14. The van der Waals surface area contributed by atoms with Crippen LogP contribution in [0.2, 0.25) is 0 Å². The molecular formula is C12H23NO5. The van der Waals surface area contributed by atoms with Gasteiger partial charge in [-0.3, -0.25) is 9.59 Å². The van der Waals surface area contributed by atoms with Gasteiger partial charge in [-0.25, -0.2) is 0 Å². The quantitative estimate of drug-likeness (QED) is 0.547. The molecule has 0 rings (SSSR count). The van der Waals surface area contributed by atoms with E-state index in [0.717, 1.165) is 0 Å². The molecule has 0 aliphatic rings. The van der Waals surface area contributed by atoms with Gasteiger partial charge in [-0.2, -0.15) is 0 Å². The topological polar surface area (TPSA) is 95.9 Å². The van der Waals surface area contributed by atoms with Crippen LogP contribution >= 0.6 is 0 Å². The van der Waals surface area contributed by atoms with Crippen LogP contribution in [0.25, 0.3) is 0 Å². The maximum atomic E-state index is 11.6. The summed E-state index contributed by atoms with van der Waals surface area (Å²) in [5.41, 5.74) is -0.568. The second-order valence-electron chi connectivity index (χ2n) is 4.96. The van der Waals surface area contributed by atoms with Gasteiger partial charge in [-0.05, 0) is 27.2 Å². The van der Waals surface area contributed by atoms with E-state index in [2.05, 4.69) is 5.32 Å². The first-order chi connectivity index (χ1) is 8.20. The number of aliphatic hydroxyl groups excluding tert-OH is 1. The summed E-state index contributed by atoms with van der Waals surface area (Å²) in [7, 11) is 0. The van der Waals surface area contributed by atoms with Crippen molar-refractivity contribution in [1.82, 2.24) is 5.32 Å². The number of aliphatic hydroxyl groups is 1. The van der Waals surface area contributed by atoms with Crippen LogP contribution in [0, 0.1) is 5.41 Å². The van der Waals surface area contributed by atoms with Crippen molar-refractivity contribution in [2.24, 2.45) is 5.41 Å². The lowest BCUT2D eigenvalue weighted by Gasteiger charge is -2.22. The van der Waals surface area contributed by atoms with Crippen molar-refractivity contribution in [3.63, 3.8) is 0 Å². The number of rotatable bonds is 8. The maximum absolute atomic E-state index is 11.6. The van der Waals surface area contributed by atoms with E-state index in [-0.39, 0.29) is 19.1 Å². The molecule has 0 saturated carbocycles. The van der Waals surface area contributed by atoms with Crippen LogP contribution in [0.5, 0.6) is 0 Å². The summed E-state index contributed by atoms with van der Waals surface area (Å²) in [4.78, 5) is 22.1. The third-order valence-electron chi connectivity index (χ3n) is 2.87. The average molecular weight is 261 g/mol. The van der Waals surface area contributed by atoms with E-state index in [9.17, 15) is 14.7 Å². The number of hydrogen-bond acceptors (Lipinski definition) is 5. The molecule has 0 amide bonds. The summed E-state index contributed by atoms with van der Waals surface area (Å²) in [6, 6.07) is -0.748. The first kappa shape index (κ1) is 16.9. The molecule has 0 aromatic rings. The molecule has 0 fully saturated rings. The minimum absolute atomic E-state index is 0.0628. The third-order valence-corrected chi connectivity index (χ3v) is 2.87. The van der Waals surface area contributed by atoms with Crippen molar-refractivity contribution >= 4 is 11.9 Å². The standard InChI is InChI=1S/C12H23NO5/c1-5-12(3,4)11(17)18-7-9(14)6-13-8(2)10(15)16/h8-9,13-14H,5-7H2,1-4H3,(H,15,16). The number of carbonyl (C=O) groups excluding carboxylic acids is 1. The summed E-state index contributed by atoms with van der Waals surface area (Å²) in [6.45, 7) is 6.82. The molecule has 2 unspecified atom stereocenters. The fourth-order valence-corrected chi connectivity index (χ4v) is 0.971. The van der Waals surface area contributed by atoms with Crippen LogP contribution < -0.4 is 5.32 Å². The number of esters is 1. The lowest BCUT2D eigenvalue weighted by atomic mass is 9.91. The van der Waals surface area contributed by atoms with Gasteiger partial charge in [0.1, 0.15) is 18.8 Å². The molecule has 0 aliphatic heterocycles. The maximum Gasteiger partial charge on any atom is 0.320 e. The van der Waals surface area contributed by atoms with Gasteiger partial charge in [0.15, 0.2) is 0 Å². The molecule has 6 heteroatoms. The average Bonchev–Trinajstić information content (AvgIpc) is 2.32. The Morgan fingerprint density at radius 3 is 2.39 bits per heavy atom. The monoisotopic (exact) mass is 261 g/mol. The molecular weight excluding hydrogens is 238 g/mol. The van der Waals surface area contributed by atoms with Crippen LogP contribution in [-0.2, 0) is 14.3 Å². The summed E-state index contributed by atoms with van der Waals surface area (Å²) < 4.78 is 4.98. The van der Waals surface area contributed by atoms with Gasteiger partial charge in [-0.1, -0.05) is 6.92 Å². The summed E-state index contributed by atoms with van der Waals surface area (Å²) in [5, 5.41) is 20.8. The predicted molar refractivity (Wildman–Crippen MR) is 66.1 cm³/mol. The Balaban J connectivity index is 3.94. The van der Waals surface area contributed by atoms with E-state index in [0.29, 0.717) is 6.42 Å². The number of aliphatic carboxylic acids is 1. The van der Waals surface area contributed by atoms with E-state index in [1.165, 1.54) is 6.92 Å². The fourth-order valence-electron chi connectivity index (χ4n) is 0.971. The fraction of sp³-hybridized carbons (Fsp3) is 0.833. The predicted octanol–water partition coefficient (Wildman–Crippen LogP) is 0.389. The minimum Gasteiger partial charge on any atom is -0.480 e. The molecule has 0 spiro atoms. The lowest BCUT2D eigenvalue weighted by Crippen LogP contribution is -2.41. The van der Waals surface area contributed by atoms with Crippen LogP contribution in [0.1, 0.15) is 34.1 Å². The second kappa shape index (κ2) is 7.33. The molecule has 0 aromatic heterocycles. The van der Waals surface area contributed by atoms with Gasteiger partial charge in [0.2, 0.25) is 0 Å². The molecule has 106 valence electrons. The van der Waals surface area contributed by atoms with E-state index >= 15 is 0 Å². The summed E-state index contributed by atoms with van der Waals surface area (Å²) in [5.74, 6) is -1.36. The lowest BCUT2D eigenvalue weighted by molar-refractivity contribution is -0.157. The zero-order chi connectivity index (χ0) is 14.3. The highest BCUT2D eigenvalue weighted by Crippen LogP contribution is 2.21. The van der Waals surface area contributed by atoms with Crippen molar-refractivity contribution in [1.29, 1.82) is 0 Å². The van der Waals surface area contributed by atoms with E-state index in [1.807, 2.05) is 6.92 Å². The summed E-state index contributed by atoms with van der Waals surface area (Å²) in [6.07, 6.45) is -0.264. The van der Waals surface area contributed by atoms with Crippen LogP contribution in [0.3, 0.4) is 0 Å². The smallest absolute Gasteiger partial charge is 0.320 e. The van der Waals surface area contributed by atoms with E-state index in [1.54, 1.807) is 13.8 Å². The number of carboxylic acid groups (broad SMARTS) is 1.